The first kappa shape index (κ1) is 17.2. The molecule has 122 valence electrons. The average molecular weight is 355 g/mol. The molecule has 0 fully saturated rings. The van der Waals surface area contributed by atoms with E-state index in [9.17, 15) is 14.7 Å². The van der Waals surface area contributed by atoms with Crippen molar-refractivity contribution in [1.82, 2.24) is 10.3 Å². The molecule has 8 heteroatoms. The van der Waals surface area contributed by atoms with E-state index in [-0.39, 0.29) is 17.4 Å². The molecule has 0 aliphatic carbocycles. The lowest BCUT2D eigenvalue weighted by molar-refractivity contribution is -0.142. The topological polar surface area (TPSA) is 88.5 Å². The quantitative estimate of drug-likeness (QED) is 0.798. The van der Waals surface area contributed by atoms with Crippen LogP contribution < -0.4 is 10.1 Å². The number of carbonyl (C=O) groups excluding carboxylic acids is 1. The van der Waals surface area contributed by atoms with Gasteiger partial charge in [0.15, 0.2) is 6.04 Å². The second kappa shape index (κ2) is 7.94. The number of hydrogen-bond acceptors (Lipinski definition) is 5. The van der Waals surface area contributed by atoms with Gasteiger partial charge in [0.05, 0.1) is 23.3 Å². The molecule has 0 bridgehead atoms. The number of aromatic nitrogens is 1. The molecule has 2 rings (SSSR count). The van der Waals surface area contributed by atoms with Gasteiger partial charge in [0.2, 0.25) is 5.91 Å². The number of ether oxygens (including phenoxy) is 1. The van der Waals surface area contributed by atoms with Crippen LogP contribution in [0.25, 0.3) is 0 Å². The summed E-state index contributed by atoms with van der Waals surface area (Å²) in [5.74, 6) is -1.08. The number of methoxy groups -OCH3 is 1. The number of benzene rings is 1. The second-order valence-corrected chi connectivity index (χ2v) is 5.84. The van der Waals surface area contributed by atoms with Gasteiger partial charge in [-0.15, -0.1) is 11.3 Å². The van der Waals surface area contributed by atoms with Gasteiger partial charge in [0.1, 0.15) is 5.75 Å². The van der Waals surface area contributed by atoms with Crippen molar-refractivity contribution in [2.45, 2.75) is 18.9 Å². The maximum absolute atomic E-state index is 12.0. The number of nitrogens with zero attached hydrogens (tertiary/aromatic N) is 1. The minimum absolute atomic E-state index is 0.164. The van der Waals surface area contributed by atoms with E-state index in [0.29, 0.717) is 17.7 Å². The normalized spacial score (nSPS) is 11.7. The van der Waals surface area contributed by atoms with E-state index in [1.807, 2.05) is 5.38 Å². The van der Waals surface area contributed by atoms with E-state index < -0.39 is 12.0 Å². The molecule has 0 spiro atoms. The molecule has 1 heterocycles. The number of aryl methyl sites for hydroxylation is 1. The highest BCUT2D eigenvalue weighted by molar-refractivity contribution is 7.07. The number of hydrogen-bond donors (Lipinski definition) is 2. The van der Waals surface area contributed by atoms with E-state index >= 15 is 0 Å². The van der Waals surface area contributed by atoms with Crippen molar-refractivity contribution < 1.29 is 19.4 Å². The Bertz CT molecular complexity index is 691. The summed E-state index contributed by atoms with van der Waals surface area (Å²) >= 11 is 7.45. The van der Waals surface area contributed by atoms with Crippen molar-refractivity contribution in [3.63, 3.8) is 0 Å². The molecule has 0 aliphatic heterocycles. The predicted molar refractivity (Wildman–Crippen MR) is 87.0 cm³/mol. The molecular weight excluding hydrogens is 340 g/mol. The van der Waals surface area contributed by atoms with Gasteiger partial charge in [0.25, 0.3) is 0 Å². The first-order valence-electron chi connectivity index (χ1n) is 6.74. The summed E-state index contributed by atoms with van der Waals surface area (Å²) in [5, 5.41) is 14.0. The van der Waals surface area contributed by atoms with Crippen LogP contribution >= 0.6 is 22.9 Å². The van der Waals surface area contributed by atoms with Crippen LogP contribution in [0.1, 0.15) is 23.7 Å². The number of nitrogens with one attached hydrogen (secondary N) is 1. The monoisotopic (exact) mass is 354 g/mol. The Labute approximate surface area is 142 Å². The zero-order valence-electron chi connectivity index (χ0n) is 12.3. The summed E-state index contributed by atoms with van der Waals surface area (Å²) in [6, 6.07) is 3.43. The van der Waals surface area contributed by atoms with Gasteiger partial charge in [-0.3, -0.25) is 4.79 Å². The van der Waals surface area contributed by atoms with Gasteiger partial charge in [0, 0.05) is 11.8 Å². The number of aliphatic carboxylic acids is 1. The third kappa shape index (κ3) is 4.67. The largest absolute Gasteiger partial charge is 0.495 e. The highest BCUT2D eigenvalue weighted by Crippen LogP contribution is 2.27. The average Bonchev–Trinajstić information content (AvgIpc) is 3.03. The van der Waals surface area contributed by atoms with E-state index in [1.165, 1.54) is 24.5 Å². The number of halogens is 1. The molecule has 2 aromatic rings. The number of carboxylic acid groups (broad SMARTS) is 1. The lowest BCUT2D eigenvalue weighted by Gasteiger charge is -2.16. The molecule has 6 nitrogen and oxygen atoms in total. The maximum Gasteiger partial charge on any atom is 0.330 e. The van der Waals surface area contributed by atoms with Gasteiger partial charge < -0.3 is 15.2 Å². The first-order chi connectivity index (χ1) is 11.0. The Balaban J connectivity index is 2.04. The van der Waals surface area contributed by atoms with E-state index in [4.69, 9.17) is 16.3 Å². The number of amides is 1. The Kier molecular flexibility index (Phi) is 5.95. The molecule has 23 heavy (non-hydrogen) atoms. The van der Waals surface area contributed by atoms with Crippen molar-refractivity contribution in [2.75, 3.05) is 7.11 Å². The molecule has 1 atom stereocenters. The number of rotatable bonds is 7. The summed E-state index contributed by atoms with van der Waals surface area (Å²) < 4.78 is 5.03. The van der Waals surface area contributed by atoms with Crippen molar-refractivity contribution in [3.8, 4) is 5.75 Å². The summed E-state index contributed by atoms with van der Waals surface area (Å²) in [4.78, 5) is 27.5. The Hall–Kier alpha value is -2.12. The van der Waals surface area contributed by atoms with Crippen LogP contribution in [0.4, 0.5) is 0 Å². The molecule has 1 unspecified atom stereocenters. The molecule has 2 N–H and O–H groups in total. The number of carboxylic acids is 1. The zero-order chi connectivity index (χ0) is 16.8. The van der Waals surface area contributed by atoms with Gasteiger partial charge in [-0.1, -0.05) is 17.7 Å². The van der Waals surface area contributed by atoms with Gasteiger partial charge >= 0.3 is 5.97 Å². The lowest BCUT2D eigenvalue weighted by Crippen LogP contribution is -2.33. The van der Waals surface area contributed by atoms with Crippen LogP contribution in [0.5, 0.6) is 5.75 Å². The predicted octanol–water partition coefficient (Wildman–Crippen LogP) is 2.68. The molecule has 0 saturated carbocycles. The van der Waals surface area contributed by atoms with Crippen molar-refractivity contribution in [2.24, 2.45) is 0 Å². The second-order valence-electron chi connectivity index (χ2n) is 4.71. The molecule has 1 aromatic carbocycles. The van der Waals surface area contributed by atoms with Gasteiger partial charge in [-0.25, -0.2) is 9.78 Å². The highest BCUT2D eigenvalue weighted by Gasteiger charge is 2.23. The molecule has 1 amide bonds. The third-order valence-corrected chi connectivity index (χ3v) is 4.08. The van der Waals surface area contributed by atoms with Crippen molar-refractivity contribution in [3.05, 3.63) is 45.4 Å². The maximum atomic E-state index is 12.0. The zero-order valence-corrected chi connectivity index (χ0v) is 13.9. The van der Waals surface area contributed by atoms with Crippen molar-refractivity contribution in [1.29, 1.82) is 0 Å². The third-order valence-electron chi connectivity index (χ3n) is 3.15. The van der Waals surface area contributed by atoms with Gasteiger partial charge in [-0.05, 0) is 24.1 Å². The summed E-state index contributed by atoms with van der Waals surface area (Å²) in [6.45, 7) is 0. The first-order valence-corrected chi connectivity index (χ1v) is 8.06. The van der Waals surface area contributed by atoms with Crippen LogP contribution in [0, 0.1) is 0 Å². The number of thiazole rings is 1. The fraction of sp³-hybridized carbons (Fsp3) is 0.267. The lowest BCUT2D eigenvalue weighted by atomic mass is 10.1. The Morgan fingerprint density at radius 1 is 1.48 bits per heavy atom. The van der Waals surface area contributed by atoms with Crippen LogP contribution in [-0.4, -0.2) is 29.1 Å². The van der Waals surface area contributed by atoms with E-state index in [0.717, 1.165) is 5.69 Å². The fourth-order valence-corrected chi connectivity index (χ4v) is 2.84. The molecular formula is C15H15ClN2O4S. The molecule has 0 aliphatic rings. The highest BCUT2D eigenvalue weighted by atomic mass is 35.5. The SMILES string of the molecule is COc1ccc(C(NC(=O)CCc2cscn2)C(=O)O)cc1Cl. The van der Waals surface area contributed by atoms with Crippen LogP contribution in [0.3, 0.4) is 0 Å². The minimum atomic E-state index is -1.17. The Morgan fingerprint density at radius 2 is 2.26 bits per heavy atom. The van der Waals surface area contributed by atoms with Gasteiger partial charge in [-0.2, -0.15) is 0 Å². The molecule has 0 saturated heterocycles. The number of carbonyl (C=O) groups is 2. The summed E-state index contributed by atoms with van der Waals surface area (Å²) in [6.07, 6.45) is 0.627. The standard InChI is InChI=1S/C15H15ClN2O4S/c1-22-12-4-2-9(6-11(12)16)14(15(20)21)18-13(19)5-3-10-7-23-8-17-10/h2,4,6-8,14H,3,5H2,1H3,(H,18,19)(H,20,21). The minimum Gasteiger partial charge on any atom is -0.495 e. The van der Waals surface area contributed by atoms with Crippen LogP contribution in [0.15, 0.2) is 29.1 Å². The van der Waals surface area contributed by atoms with E-state index in [1.54, 1.807) is 17.6 Å². The fourth-order valence-electron chi connectivity index (χ4n) is 1.99. The van der Waals surface area contributed by atoms with Crippen molar-refractivity contribution >= 4 is 34.8 Å². The molecule has 0 radical (unpaired) electrons. The summed E-state index contributed by atoms with van der Waals surface area (Å²) in [5.41, 5.74) is 2.88. The smallest absolute Gasteiger partial charge is 0.330 e. The Morgan fingerprint density at radius 3 is 2.83 bits per heavy atom. The van der Waals surface area contributed by atoms with Crippen LogP contribution in [0.2, 0.25) is 5.02 Å². The van der Waals surface area contributed by atoms with Crippen LogP contribution in [-0.2, 0) is 16.0 Å². The van der Waals surface area contributed by atoms with E-state index in [2.05, 4.69) is 10.3 Å². The molecule has 1 aromatic heterocycles. The summed E-state index contributed by atoms with van der Waals surface area (Å²) in [7, 11) is 1.47.